The van der Waals surface area contributed by atoms with Crippen molar-refractivity contribution >= 4 is 5.91 Å². The number of amides is 1. The summed E-state index contributed by atoms with van der Waals surface area (Å²) in [6.07, 6.45) is 1.09. The van der Waals surface area contributed by atoms with Gasteiger partial charge in [-0.1, -0.05) is 30.3 Å². The summed E-state index contributed by atoms with van der Waals surface area (Å²) in [4.78, 5) is 15.9. The van der Waals surface area contributed by atoms with Gasteiger partial charge in [0.15, 0.2) is 5.89 Å². The molecule has 0 saturated heterocycles. The van der Waals surface area contributed by atoms with Gasteiger partial charge in [0.2, 0.25) is 5.91 Å². The highest BCUT2D eigenvalue weighted by molar-refractivity contribution is 5.78. The minimum absolute atomic E-state index is 0.0322. The van der Waals surface area contributed by atoms with Gasteiger partial charge in [-0.25, -0.2) is 4.98 Å². The lowest BCUT2D eigenvalue weighted by molar-refractivity contribution is -0.120. The lowest BCUT2D eigenvalue weighted by Gasteiger charge is -2.04. The predicted octanol–water partition coefficient (Wildman–Crippen LogP) is 2.19. The molecule has 2 aromatic rings. The van der Waals surface area contributed by atoms with Gasteiger partial charge in [-0.2, -0.15) is 0 Å². The molecule has 1 amide bonds. The summed E-state index contributed by atoms with van der Waals surface area (Å²) >= 11 is 0. The summed E-state index contributed by atoms with van der Waals surface area (Å²) in [5, 5.41) is 2.89. The molecule has 1 aromatic carbocycles. The van der Waals surface area contributed by atoms with Gasteiger partial charge in [0.05, 0.1) is 12.1 Å². The Morgan fingerprint density at radius 1 is 1.26 bits per heavy atom. The fourth-order valence-corrected chi connectivity index (χ4v) is 1.94. The molecular weight excluding hydrogens is 240 g/mol. The van der Waals surface area contributed by atoms with Gasteiger partial charge in [0.1, 0.15) is 5.76 Å². The quantitative estimate of drug-likeness (QED) is 0.894. The van der Waals surface area contributed by atoms with E-state index >= 15 is 0 Å². The number of hydrogen-bond donors (Lipinski definition) is 1. The Morgan fingerprint density at radius 3 is 2.63 bits per heavy atom. The Morgan fingerprint density at radius 2 is 2.00 bits per heavy atom. The third kappa shape index (κ3) is 3.95. The number of carbonyl (C=O) groups excluding carboxylic acids is 1. The SMILES string of the molecule is Cc1nc(C)c(CC(=O)NCCc2ccccc2)o1. The van der Waals surface area contributed by atoms with E-state index in [-0.39, 0.29) is 12.3 Å². The number of nitrogens with one attached hydrogen (secondary N) is 1. The first-order valence-electron chi connectivity index (χ1n) is 6.38. The van der Waals surface area contributed by atoms with Crippen LogP contribution in [0, 0.1) is 13.8 Å². The Bertz CT molecular complexity index is 547. The number of benzene rings is 1. The zero-order chi connectivity index (χ0) is 13.7. The summed E-state index contributed by atoms with van der Waals surface area (Å²) in [5.41, 5.74) is 2.00. The van der Waals surface area contributed by atoms with Crippen LogP contribution in [0.3, 0.4) is 0 Å². The predicted molar refractivity (Wildman–Crippen MR) is 72.8 cm³/mol. The molecule has 0 fully saturated rings. The number of aryl methyl sites for hydroxylation is 2. The Labute approximate surface area is 112 Å². The third-order valence-electron chi connectivity index (χ3n) is 2.90. The van der Waals surface area contributed by atoms with E-state index in [1.807, 2.05) is 25.1 Å². The monoisotopic (exact) mass is 258 g/mol. The molecule has 2 rings (SSSR count). The molecule has 1 heterocycles. The molecule has 100 valence electrons. The number of nitrogens with zero attached hydrogens (tertiary/aromatic N) is 1. The third-order valence-corrected chi connectivity index (χ3v) is 2.90. The van der Waals surface area contributed by atoms with Crippen LogP contribution in [0.4, 0.5) is 0 Å². The lowest BCUT2D eigenvalue weighted by Crippen LogP contribution is -2.27. The first-order valence-corrected chi connectivity index (χ1v) is 6.38. The molecule has 4 heteroatoms. The molecule has 0 aliphatic heterocycles. The van der Waals surface area contributed by atoms with E-state index in [1.54, 1.807) is 6.92 Å². The largest absolute Gasteiger partial charge is 0.445 e. The lowest BCUT2D eigenvalue weighted by atomic mass is 10.1. The molecule has 0 spiro atoms. The maximum absolute atomic E-state index is 11.8. The molecule has 1 N–H and O–H groups in total. The zero-order valence-electron chi connectivity index (χ0n) is 11.3. The highest BCUT2D eigenvalue weighted by Crippen LogP contribution is 2.09. The van der Waals surface area contributed by atoms with Crippen LogP contribution in [0.5, 0.6) is 0 Å². The fraction of sp³-hybridized carbons (Fsp3) is 0.333. The van der Waals surface area contributed by atoms with Crippen LogP contribution in [0.15, 0.2) is 34.7 Å². The van der Waals surface area contributed by atoms with Crippen LogP contribution in [-0.4, -0.2) is 17.4 Å². The maximum Gasteiger partial charge on any atom is 0.227 e. The summed E-state index contributed by atoms with van der Waals surface area (Å²) < 4.78 is 5.38. The first-order chi connectivity index (χ1) is 9.15. The molecule has 0 unspecified atom stereocenters. The Kier molecular flexibility index (Phi) is 4.34. The van der Waals surface area contributed by atoms with Crippen molar-refractivity contribution < 1.29 is 9.21 Å². The molecule has 4 nitrogen and oxygen atoms in total. The van der Waals surface area contributed by atoms with Gasteiger partial charge in [-0.3, -0.25) is 4.79 Å². The maximum atomic E-state index is 11.8. The van der Waals surface area contributed by atoms with E-state index in [0.29, 0.717) is 18.2 Å². The van der Waals surface area contributed by atoms with E-state index < -0.39 is 0 Å². The molecule has 0 atom stereocenters. The van der Waals surface area contributed by atoms with Crippen molar-refractivity contribution in [3.63, 3.8) is 0 Å². The standard InChI is InChI=1S/C15H18N2O2/c1-11-14(19-12(2)17-11)10-15(18)16-9-8-13-6-4-3-5-7-13/h3-7H,8-10H2,1-2H3,(H,16,18). The van der Waals surface area contributed by atoms with E-state index in [0.717, 1.165) is 12.1 Å². The number of hydrogen-bond acceptors (Lipinski definition) is 3. The average molecular weight is 258 g/mol. The topological polar surface area (TPSA) is 55.1 Å². The highest BCUT2D eigenvalue weighted by atomic mass is 16.4. The van der Waals surface area contributed by atoms with Crippen LogP contribution in [0.25, 0.3) is 0 Å². The minimum Gasteiger partial charge on any atom is -0.445 e. The van der Waals surface area contributed by atoms with E-state index in [4.69, 9.17) is 4.42 Å². The molecule has 0 aliphatic rings. The second-order valence-corrected chi connectivity index (χ2v) is 4.50. The van der Waals surface area contributed by atoms with Crippen LogP contribution in [-0.2, 0) is 17.6 Å². The van der Waals surface area contributed by atoms with Crippen LogP contribution < -0.4 is 5.32 Å². The van der Waals surface area contributed by atoms with Crippen molar-refractivity contribution in [2.75, 3.05) is 6.54 Å². The van der Waals surface area contributed by atoms with E-state index in [2.05, 4.69) is 22.4 Å². The van der Waals surface area contributed by atoms with Gasteiger partial charge in [-0.15, -0.1) is 0 Å². The molecule has 19 heavy (non-hydrogen) atoms. The number of carbonyl (C=O) groups is 1. The second-order valence-electron chi connectivity index (χ2n) is 4.50. The Hall–Kier alpha value is -2.10. The molecule has 0 saturated carbocycles. The minimum atomic E-state index is -0.0322. The van der Waals surface area contributed by atoms with E-state index in [1.165, 1.54) is 5.56 Å². The molecule has 0 bridgehead atoms. The second kappa shape index (κ2) is 6.18. The fourth-order valence-electron chi connectivity index (χ4n) is 1.94. The number of aromatic nitrogens is 1. The summed E-state index contributed by atoms with van der Waals surface area (Å²) in [6.45, 7) is 4.27. The Balaban J connectivity index is 1.78. The van der Waals surface area contributed by atoms with Crippen molar-refractivity contribution in [2.45, 2.75) is 26.7 Å². The molecular formula is C15H18N2O2. The summed E-state index contributed by atoms with van der Waals surface area (Å²) in [6, 6.07) is 10.1. The van der Waals surface area contributed by atoms with Crippen LogP contribution in [0.2, 0.25) is 0 Å². The molecule has 0 aliphatic carbocycles. The normalized spacial score (nSPS) is 10.4. The van der Waals surface area contributed by atoms with E-state index in [9.17, 15) is 4.79 Å². The smallest absolute Gasteiger partial charge is 0.227 e. The van der Waals surface area contributed by atoms with Gasteiger partial charge in [0.25, 0.3) is 0 Å². The molecule has 0 radical (unpaired) electrons. The van der Waals surface area contributed by atoms with Crippen molar-refractivity contribution in [3.8, 4) is 0 Å². The van der Waals surface area contributed by atoms with Gasteiger partial charge in [0, 0.05) is 13.5 Å². The summed E-state index contributed by atoms with van der Waals surface area (Å²) in [5.74, 6) is 1.22. The number of rotatable bonds is 5. The van der Waals surface area contributed by atoms with Crippen LogP contribution in [0.1, 0.15) is 22.9 Å². The van der Waals surface area contributed by atoms with Gasteiger partial charge < -0.3 is 9.73 Å². The van der Waals surface area contributed by atoms with Gasteiger partial charge >= 0.3 is 0 Å². The first kappa shape index (κ1) is 13.3. The average Bonchev–Trinajstić information content (AvgIpc) is 2.69. The van der Waals surface area contributed by atoms with Crippen molar-refractivity contribution in [1.29, 1.82) is 0 Å². The van der Waals surface area contributed by atoms with Crippen molar-refractivity contribution in [2.24, 2.45) is 0 Å². The zero-order valence-corrected chi connectivity index (χ0v) is 11.3. The van der Waals surface area contributed by atoms with Crippen LogP contribution >= 0.6 is 0 Å². The van der Waals surface area contributed by atoms with Gasteiger partial charge in [-0.05, 0) is 18.9 Å². The van der Waals surface area contributed by atoms with Crippen molar-refractivity contribution in [1.82, 2.24) is 10.3 Å². The number of oxazole rings is 1. The molecule has 1 aromatic heterocycles. The highest BCUT2D eigenvalue weighted by Gasteiger charge is 2.11. The summed E-state index contributed by atoms with van der Waals surface area (Å²) in [7, 11) is 0. The van der Waals surface area contributed by atoms with Crippen molar-refractivity contribution in [3.05, 3.63) is 53.2 Å².